The highest BCUT2D eigenvalue weighted by atomic mass is 32.2. The Bertz CT molecular complexity index is 1070. The molecule has 1 amide bonds. The van der Waals surface area contributed by atoms with E-state index in [1.807, 2.05) is 6.92 Å². The van der Waals surface area contributed by atoms with Crippen LogP contribution in [-0.4, -0.2) is 63.8 Å². The average molecular weight is 496 g/mol. The van der Waals surface area contributed by atoms with Gasteiger partial charge in [0.2, 0.25) is 0 Å². The molecule has 1 aromatic carbocycles. The SMILES string of the molecule is COCCCS(=O)(=O)c1ccc(/C(=N\O[C@@H]2CC[C@@H](OC)C2)C(=O)Nc2ncc(C)s2)cc1. The van der Waals surface area contributed by atoms with Crippen LogP contribution in [0.15, 0.2) is 40.5 Å². The summed E-state index contributed by atoms with van der Waals surface area (Å²) in [6.07, 6.45) is 4.37. The Balaban J connectivity index is 1.80. The van der Waals surface area contributed by atoms with Gasteiger partial charge in [0.15, 0.2) is 20.7 Å². The van der Waals surface area contributed by atoms with Crippen LogP contribution in [0, 0.1) is 6.92 Å². The van der Waals surface area contributed by atoms with E-state index in [0.29, 0.717) is 30.1 Å². The number of methoxy groups -OCH3 is 2. The smallest absolute Gasteiger partial charge is 0.280 e. The maximum atomic E-state index is 13.0. The van der Waals surface area contributed by atoms with E-state index in [0.717, 1.165) is 17.7 Å². The number of nitrogens with zero attached hydrogens (tertiary/aromatic N) is 2. The Morgan fingerprint density at radius 2 is 1.94 bits per heavy atom. The van der Waals surface area contributed by atoms with E-state index in [9.17, 15) is 13.2 Å². The van der Waals surface area contributed by atoms with Crippen LogP contribution in [0.4, 0.5) is 5.13 Å². The number of amides is 1. The van der Waals surface area contributed by atoms with Gasteiger partial charge in [-0.2, -0.15) is 0 Å². The quantitative estimate of drug-likeness (QED) is 0.289. The molecule has 0 bridgehead atoms. The van der Waals surface area contributed by atoms with Gasteiger partial charge in [0, 0.05) is 43.9 Å². The number of carbonyl (C=O) groups excluding carboxylic acids is 1. The Morgan fingerprint density at radius 3 is 2.55 bits per heavy atom. The van der Waals surface area contributed by atoms with Crippen LogP contribution in [0.3, 0.4) is 0 Å². The molecule has 1 aliphatic rings. The van der Waals surface area contributed by atoms with Gasteiger partial charge in [0.25, 0.3) is 5.91 Å². The van der Waals surface area contributed by atoms with E-state index in [4.69, 9.17) is 14.3 Å². The topological polar surface area (TPSA) is 116 Å². The van der Waals surface area contributed by atoms with Gasteiger partial charge in [0.1, 0.15) is 6.10 Å². The molecule has 11 heteroatoms. The Hall–Kier alpha value is -2.34. The van der Waals surface area contributed by atoms with Gasteiger partial charge >= 0.3 is 0 Å². The van der Waals surface area contributed by atoms with Crippen LogP contribution >= 0.6 is 11.3 Å². The van der Waals surface area contributed by atoms with Crippen molar-refractivity contribution in [3.63, 3.8) is 0 Å². The molecule has 1 heterocycles. The molecule has 1 saturated carbocycles. The maximum absolute atomic E-state index is 13.0. The van der Waals surface area contributed by atoms with Crippen molar-refractivity contribution in [2.24, 2.45) is 5.16 Å². The minimum Gasteiger partial charge on any atom is -0.392 e. The standard InChI is InChI=1S/C22H29N3O6S2/c1-15-14-23-22(32-15)24-21(26)20(25-31-18-8-7-17(13-18)30-3)16-5-9-19(10-6-16)33(27,28)12-4-11-29-2/h5-6,9-10,14,17-18H,4,7-8,11-13H2,1-3H3,(H,23,24,26)/b25-20+/t17-,18-/m1/s1. The molecule has 3 rings (SSSR count). The van der Waals surface area contributed by atoms with Gasteiger partial charge in [-0.05, 0) is 38.3 Å². The van der Waals surface area contributed by atoms with Crippen molar-refractivity contribution in [2.75, 3.05) is 31.9 Å². The Kier molecular flexibility index (Phi) is 8.95. The van der Waals surface area contributed by atoms with Gasteiger partial charge in [-0.1, -0.05) is 17.3 Å². The third kappa shape index (κ3) is 7.07. The van der Waals surface area contributed by atoms with E-state index in [-0.39, 0.29) is 28.6 Å². The number of hydrogen-bond donors (Lipinski definition) is 1. The monoisotopic (exact) mass is 495 g/mol. The predicted molar refractivity (Wildman–Crippen MR) is 127 cm³/mol. The predicted octanol–water partition coefficient (Wildman–Crippen LogP) is 3.19. The summed E-state index contributed by atoms with van der Waals surface area (Å²) in [5.41, 5.74) is 0.491. The second-order valence-electron chi connectivity index (χ2n) is 7.76. The first kappa shape index (κ1) is 25.3. The number of anilines is 1. The van der Waals surface area contributed by atoms with E-state index in [1.165, 1.54) is 30.6 Å². The van der Waals surface area contributed by atoms with Gasteiger partial charge in [-0.15, -0.1) is 11.3 Å². The third-order valence-corrected chi connectivity index (χ3v) is 7.91. The molecule has 1 aromatic heterocycles. The number of aryl methyl sites for hydroxylation is 1. The molecule has 1 aliphatic carbocycles. The molecule has 0 unspecified atom stereocenters. The molecule has 2 atom stereocenters. The summed E-state index contributed by atoms with van der Waals surface area (Å²) in [6.45, 7) is 2.26. The van der Waals surface area contributed by atoms with E-state index < -0.39 is 15.7 Å². The number of hydrogen-bond acceptors (Lipinski definition) is 9. The largest absolute Gasteiger partial charge is 0.392 e. The molecule has 180 valence electrons. The summed E-state index contributed by atoms with van der Waals surface area (Å²) in [5.74, 6) is -0.502. The lowest BCUT2D eigenvalue weighted by molar-refractivity contribution is -0.110. The molecular weight excluding hydrogens is 466 g/mol. The van der Waals surface area contributed by atoms with Gasteiger partial charge in [-0.25, -0.2) is 13.4 Å². The minimum absolute atomic E-state index is 0.0174. The Labute approximate surface area is 198 Å². The molecule has 0 aliphatic heterocycles. The second kappa shape index (κ2) is 11.7. The molecule has 1 fully saturated rings. The van der Waals surface area contributed by atoms with Crippen molar-refractivity contribution in [1.29, 1.82) is 0 Å². The summed E-state index contributed by atoms with van der Waals surface area (Å²) in [6, 6.07) is 6.07. The highest BCUT2D eigenvalue weighted by molar-refractivity contribution is 7.91. The molecule has 0 spiro atoms. The van der Waals surface area contributed by atoms with Crippen molar-refractivity contribution >= 4 is 37.9 Å². The Morgan fingerprint density at radius 1 is 1.21 bits per heavy atom. The zero-order valence-corrected chi connectivity index (χ0v) is 20.6. The molecule has 1 N–H and O–H groups in total. The molecule has 9 nitrogen and oxygen atoms in total. The summed E-state index contributed by atoms with van der Waals surface area (Å²) < 4.78 is 35.3. The molecule has 2 aromatic rings. The molecule has 0 saturated heterocycles. The fourth-order valence-corrected chi connectivity index (χ4v) is 5.41. The van der Waals surface area contributed by atoms with Crippen molar-refractivity contribution in [1.82, 2.24) is 4.98 Å². The number of sulfone groups is 1. The van der Waals surface area contributed by atoms with E-state index in [2.05, 4.69) is 15.5 Å². The van der Waals surface area contributed by atoms with Crippen molar-refractivity contribution < 1.29 is 27.5 Å². The fraction of sp³-hybridized carbons (Fsp3) is 0.500. The summed E-state index contributed by atoms with van der Waals surface area (Å²) in [5, 5.41) is 7.34. The zero-order chi connectivity index (χ0) is 23.8. The van der Waals surface area contributed by atoms with Crippen LogP contribution in [0.25, 0.3) is 0 Å². The van der Waals surface area contributed by atoms with Gasteiger partial charge in [0.05, 0.1) is 16.8 Å². The van der Waals surface area contributed by atoms with Crippen LogP contribution in [-0.2, 0) is 28.9 Å². The van der Waals surface area contributed by atoms with E-state index >= 15 is 0 Å². The van der Waals surface area contributed by atoms with Crippen molar-refractivity contribution in [3.8, 4) is 0 Å². The maximum Gasteiger partial charge on any atom is 0.280 e. The normalized spacial score (nSPS) is 18.9. The third-order valence-electron chi connectivity index (χ3n) is 5.27. The lowest BCUT2D eigenvalue weighted by Crippen LogP contribution is -2.25. The van der Waals surface area contributed by atoms with Crippen LogP contribution in [0.1, 0.15) is 36.1 Å². The number of rotatable bonds is 11. The minimum atomic E-state index is -3.45. The number of benzene rings is 1. The average Bonchev–Trinajstić information content (AvgIpc) is 3.43. The van der Waals surface area contributed by atoms with Gasteiger partial charge in [-0.3, -0.25) is 10.1 Å². The number of ether oxygens (including phenoxy) is 2. The first-order valence-corrected chi connectivity index (χ1v) is 13.1. The highest BCUT2D eigenvalue weighted by Crippen LogP contribution is 2.25. The van der Waals surface area contributed by atoms with Crippen LogP contribution in [0.2, 0.25) is 0 Å². The molecular formula is C22H29N3O6S2. The lowest BCUT2D eigenvalue weighted by Gasteiger charge is -2.12. The number of nitrogens with one attached hydrogen (secondary N) is 1. The summed E-state index contributed by atoms with van der Waals surface area (Å²) in [7, 11) is -0.255. The number of oxime groups is 1. The first-order valence-electron chi connectivity index (χ1n) is 10.6. The van der Waals surface area contributed by atoms with E-state index in [1.54, 1.807) is 25.4 Å². The first-order chi connectivity index (χ1) is 15.8. The van der Waals surface area contributed by atoms with Gasteiger partial charge < -0.3 is 14.3 Å². The highest BCUT2D eigenvalue weighted by Gasteiger charge is 2.27. The van der Waals surface area contributed by atoms with Crippen LogP contribution < -0.4 is 5.32 Å². The fourth-order valence-electron chi connectivity index (χ4n) is 3.46. The van der Waals surface area contributed by atoms with Crippen LogP contribution in [0.5, 0.6) is 0 Å². The summed E-state index contributed by atoms with van der Waals surface area (Å²) >= 11 is 1.35. The van der Waals surface area contributed by atoms with Crippen molar-refractivity contribution in [3.05, 3.63) is 40.9 Å². The number of aromatic nitrogens is 1. The molecule has 33 heavy (non-hydrogen) atoms. The lowest BCUT2D eigenvalue weighted by atomic mass is 10.1. The number of thiazole rings is 1. The summed E-state index contributed by atoms with van der Waals surface area (Å²) in [4.78, 5) is 24.0. The molecule has 0 radical (unpaired) electrons. The zero-order valence-electron chi connectivity index (χ0n) is 18.9. The van der Waals surface area contributed by atoms with Crippen molar-refractivity contribution in [2.45, 2.75) is 49.7 Å². The second-order valence-corrected chi connectivity index (χ2v) is 11.1. The number of carbonyl (C=O) groups is 1.